The van der Waals surface area contributed by atoms with Crippen LogP contribution in [-0.2, 0) is 11.3 Å². The number of hydrogen-bond donors (Lipinski definition) is 1. The zero-order valence-corrected chi connectivity index (χ0v) is 10.5. The summed E-state index contributed by atoms with van der Waals surface area (Å²) in [6.45, 7) is 4.62. The van der Waals surface area contributed by atoms with Crippen molar-refractivity contribution in [1.29, 1.82) is 0 Å². The van der Waals surface area contributed by atoms with E-state index in [1.165, 1.54) is 12.1 Å². The summed E-state index contributed by atoms with van der Waals surface area (Å²) in [5, 5.41) is 8.74. The Morgan fingerprint density at radius 1 is 1.33 bits per heavy atom. The lowest BCUT2D eigenvalue weighted by Crippen LogP contribution is -2.34. The molecule has 0 saturated carbocycles. The molecule has 1 rings (SSSR count). The summed E-state index contributed by atoms with van der Waals surface area (Å²) in [6, 6.07) is 3.16. The van der Waals surface area contributed by atoms with E-state index in [2.05, 4.69) is 0 Å². The van der Waals surface area contributed by atoms with Crippen molar-refractivity contribution in [2.24, 2.45) is 0 Å². The van der Waals surface area contributed by atoms with Gasteiger partial charge in [-0.3, -0.25) is 9.69 Å². The fourth-order valence-electron chi connectivity index (χ4n) is 1.90. The summed E-state index contributed by atoms with van der Waals surface area (Å²) >= 11 is 0. The summed E-state index contributed by atoms with van der Waals surface area (Å²) < 4.78 is 26.1. The van der Waals surface area contributed by atoms with Crippen molar-refractivity contribution in [3.8, 4) is 0 Å². The highest BCUT2D eigenvalue weighted by atomic mass is 19.1. The Labute approximate surface area is 105 Å². The number of hydrogen-bond acceptors (Lipinski definition) is 2. The van der Waals surface area contributed by atoms with Crippen LogP contribution < -0.4 is 0 Å². The molecular weight excluding hydrogens is 240 g/mol. The van der Waals surface area contributed by atoms with E-state index in [1.807, 2.05) is 11.8 Å². The Morgan fingerprint density at radius 3 is 2.33 bits per heavy atom. The van der Waals surface area contributed by atoms with Gasteiger partial charge in [0, 0.05) is 18.7 Å². The average Bonchev–Trinajstić information content (AvgIpc) is 2.23. The van der Waals surface area contributed by atoms with Gasteiger partial charge in [-0.1, -0.05) is 6.92 Å². The molecule has 1 aromatic rings. The summed E-state index contributed by atoms with van der Waals surface area (Å²) in [5.41, 5.74) is 0.506. The molecule has 0 aromatic heterocycles. The summed E-state index contributed by atoms with van der Waals surface area (Å²) in [7, 11) is 0. The first-order valence-electron chi connectivity index (χ1n) is 5.83. The number of carbonyl (C=O) groups is 1. The molecule has 0 aliphatic carbocycles. The first kappa shape index (κ1) is 14.6. The van der Waals surface area contributed by atoms with E-state index >= 15 is 0 Å². The zero-order chi connectivity index (χ0) is 13.7. The van der Waals surface area contributed by atoms with E-state index in [4.69, 9.17) is 5.11 Å². The van der Waals surface area contributed by atoms with Crippen molar-refractivity contribution in [3.63, 3.8) is 0 Å². The molecule has 0 fully saturated rings. The summed E-state index contributed by atoms with van der Waals surface area (Å²) in [4.78, 5) is 12.5. The maximum atomic E-state index is 13.0. The fourth-order valence-corrected chi connectivity index (χ4v) is 1.90. The van der Waals surface area contributed by atoms with Gasteiger partial charge in [0.15, 0.2) is 0 Å². The lowest BCUT2D eigenvalue weighted by atomic mass is 10.1. The van der Waals surface area contributed by atoms with Gasteiger partial charge in [0.2, 0.25) is 0 Å². The Hall–Kier alpha value is -1.49. The quantitative estimate of drug-likeness (QED) is 0.851. The van der Waals surface area contributed by atoms with Crippen molar-refractivity contribution in [3.05, 3.63) is 35.4 Å². The van der Waals surface area contributed by atoms with Crippen molar-refractivity contribution in [2.45, 2.75) is 32.9 Å². The lowest BCUT2D eigenvalue weighted by Gasteiger charge is -2.26. The molecular formula is C13H17F2NO2. The SMILES string of the molecule is CCN(Cc1cc(F)cc(F)c1)C(C)CC(=O)O. The average molecular weight is 257 g/mol. The molecule has 1 N–H and O–H groups in total. The number of halogens is 2. The minimum atomic E-state index is -0.883. The molecule has 18 heavy (non-hydrogen) atoms. The van der Waals surface area contributed by atoms with Crippen LogP contribution in [0.5, 0.6) is 0 Å². The summed E-state index contributed by atoms with van der Waals surface area (Å²) in [6.07, 6.45) is 0.00559. The third kappa shape index (κ3) is 4.41. The van der Waals surface area contributed by atoms with Crippen LogP contribution in [0.1, 0.15) is 25.8 Å². The van der Waals surface area contributed by atoms with E-state index in [1.54, 1.807) is 6.92 Å². The van der Waals surface area contributed by atoms with Gasteiger partial charge < -0.3 is 5.11 Å². The Kier molecular flexibility index (Phi) is 5.22. The van der Waals surface area contributed by atoms with Gasteiger partial charge in [0.1, 0.15) is 11.6 Å². The van der Waals surface area contributed by atoms with Crippen LogP contribution in [0.25, 0.3) is 0 Å². The highest BCUT2D eigenvalue weighted by Gasteiger charge is 2.16. The molecule has 1 unspecified atom stereocenters. The van der Waals surface area contributed by atoms with Gasteiger partial charge >= 0.3 is 5.97 Å². The first-order chi connectivity index (χ1) is 8.42. The maximum Gasteiger partial charge on any atom is 0.304 e. The van der Waals surface area contributed by atoms with Gasteiger partial charge in [-0.2, -0.15) is 0 Å². The van der Waals surface area contributed by atoms with Gasteiger partial charge in [-0.05, 0) is 31.2 Å². The standard InChI is InChI=1S/C13H17F2NO2/c1-3-16(9(2)4-13(17)18)8-10-5-11(14)7-12(15)6-10/h5-7,9H,3-4,8H2,1-2H3,(H,17,18). The fraction of sp³-hybridized carbons (Fsp3) is 0.462. The molecule has 0 saturated heterocycles. The summed E-state index contributed by atoms with van der Waals surface area (Å²) in [5.74, 6) is -2.12. The molecule has 5 heteroatoms. The molecule has 0 radical (unpaired) electrons. The van der Waals surface area contributed by atoms with Gasteiger partial charge in [0.25, 0.3) is 0 Å². The third-order valence-electron chi connectivity index (χ3n) is 2.81. The molecule has 1 atom stereocenters. The molecule has 0 spiro atoms. The van der Waals surface area contributed by atoms with E-state index in [-0.39, 0.29) is 12.5 Å². The van der Waals surface area contributed by atoms with Crippen molar-refractivity contribution < 1.29 is 18.7 Å². The van der Waals surface area contributed by atoms with Crippen LogP contribution in [0, 0.1) is 11.6 Å². The van der Waals surface area contributed by atoms with Crippen molar-refractivity contribution in [2.75, 3.05) is 6.54 Å². The van der Waals surface area contributed by atoms with E-state index in [0.717, 1.165) is 6.07 Å². The highest BCUT2D eigenvalue weighted by Crippen LogP contribution is 2.13. The van der Waals surface area contributed by atoms with E-state index in [0.29, 0.717) is 18.7 Å². The molecule has 0 amide bonds. The van der Waals surface area contributed by atoms with Crippen LogP contribution >= 0.6 is 0 Å². The molecule has 1 aromatic carbocycles. The topological polar surface area (TPSA) is 40.5 Å². The van der Waals surface area contributed by atoms with E-state index in [9.17, 15) is 13.6 Å². The van der Waals surface area contributed by atoms with Gasteiger partial charge in [0.05, 0.1) is 6.42 Å². The van der Waals surface area contributed by atoms with Crippen molar-refractivity contribution >= 4 is 5.97 Å². The second-order valence-corrected chi connectivity index (χ2v) is 4.29. The second kappa shape index (κ2) is 6.44. The first-order valence-corrected chi connectivity index (χ1v) is 5.83. The number of aliphatic carboxylic acids is 1. The molecule has 3 nitrogen and oxygen atoms in total. The molecule has 100 valence electrons. The largest absolute Gasteiger partial charge is 0.481 e. The number of carboxylic acid groups (broad SMARTS) is 1. The van der Waals surface area contributed by atoms with Crippen LogP contribution in [0.4, 0.5) is 8.78 Å². The number of benzene rings is 1. The predicted molar refractivity (Wildman–Crippen MR) is 64.2 cm³/mol. The smallest absolute Gasteiger partial charge is 0.304 e. The highest BCUT2D eigenvalue weighted by molar-refractivity contribution is 5.67. The monoisotopic (exact) mass is 257 g/mol. The van der Waals surface area contributed by atoms with Gasteiger partial charge in [-0.15, -0.1) is 0 Å². The number of nitrogens with zero attached hydrogens (tertiary/aromatic N) is 1. The van der Waals surface area contributed by atoms with Crippen LogP contribution in [-0.4, -0.2) is 28.6 Å². The van der Waals surface area contributed by atoms with Gasteiger partial charge in [-0.25, -0.2) is 8.78 Å². The van der Waals surface area contributed by atoms with Crippen LogP contribution in [0.3, 0.4) is 0 Å². The predicted octanol–water partition coefficient (Wildman–Crippen LogP) is 2.65. The Morgan fingerprint density at radius 2 is 1.89 bits per heavy atom. The molecule has 0 aliphatic rings. The molecule has 0 bridgehead atoms. The third-order valence-corrected chi connectivity index (χ3v) is 2.81. The van der Waals surface area contributed by atoms with Crippen LogP contribution in [0.15, 0.2) is 18.2 Å². The molecule has 0 aliphatic heterocycles. The Balaban J connectivity index is 2.75. The molecule has 0 heterocycles. The lowest BCUT2D eigenvalue weighted by molar-refractivity contribution is -0.138. The normalized spacial score (nSPS) is 12.7. The van der Waals surface area contributed by atoms with Crippen LogP contribution in [0.2, 0.25) is 0 Å². The van der Waals surface area contributed by atoms with Crippen molar-refractivity contribution in [1.82, 2.24) is 4.90 Å². The zero-order valence-electron chi connectivity index (χ0n) is 10.5. The minimum absolute atomic E-state index is 0.00559. The number of carboxylic acids is 1. The Bertz CT molecular complexity index is 403. The maximum absolute atomic E-state index is 13.0. The number of rotatable bonds is 6. The minimum Gasteiger partial charge on any atom is -0.481 e. The second-order valence-electron chi connectivity index (χ2n) is 4.29. The van der Waals surface area contributed by atoms with E-state index < -0.39 is 17.6 Å².